The van der Waals surface area contributed by atoms with E-state index < -0.39 is 12.1 Å². The first kappa shape index (κ1) is 10.5. The Morgan fingerprint density at radius 3 is 2.38 bits per heavy atom. The molecule has 2 N–H and O–H groups in total. The molecule has 0 amide bonds. The molecule has 0 spiro atoms. The fourth-order valence-electron chi connectivity index (χ4n) is 2.10. The maximum Gasteiger partial charge on any atom is 0.305 e. The van der Waals surface area contributed by atoms with E-state index in [4.69, 9.17) is 5.11 Å². The summed E-state index contributed by atoms with van der Waals surface area (Å²) in [6.07, 6.45) is 4.58. The maximum atomic E-state index is 10.4. The number of aliphatic hydroxyl groups excluding tert-OH is 1. The van der Waals surface area contributed by atoms with Crippen molar-refractivity contribution in [3.05, 3.63) is 0 Å². The lowest BCUT2D eigenvalue weighted by Crippen LogP contribution is -2.35. The second-order valence-electron chi connectivity index (χ2n) is 4.33. The van der Waals surface area contributed by atoms with Crippen molar-refractivity contribution in [1.29, 1.82) is 0 Å². The summed E-state index contributed by atoms with van der Waals surface area (Å²) >= 11 is 0. The average Bonchev–Trinajstić information content (AvgIpc) is 2.04. The van der Waals surface area contributed by atoms with Crippen molar-refractivity contribution in [3.63, 3.8) is 0 Å². The van der Waals surface area contributed by atoms with E-state index in [9.17, 15) is 9.90 Å². The van der Waals surface area contributed by atoms with Gasteiger partial charge < -0.3 is 10.2 Å². The summed E-state index contributed by atoms with van der Waals surface area (Å²) in [5.74, 6) is -0.903. The summed E-state index contributed by atoms with van der Waals surface area (Å²) in [7, 11) is 0. The summed E-state index contributed by atoms with van der Waals surface area (Å²) in [6, 6.07) is 0. The SMILES string of the molecule is CC1(C(O)CC(=O)O)CCCCC1. The Balaban J connectivity index is 2.51. The van der Waals surface area contributed by atoms with Gasteiger partial charge >= 0.3 is 5.97 Å². The highest BCUT2D eigenvalue weighted by atomic mass is 16.4. The Labute approximate surface area is 78.8 Å². The number of aliphatic carboxylic acids is 1. The summed E-state index contributed by atoms with van der Waals surface area (Å²) in [5.41, 5.74) is -0.156. The standard InChI is InChI=1S/C10H18O3/c1-10(5-3-2-4-6-10)8(11)7-9(12)13/h8,11H,2-7H2,1H3,(H,12,13). The number of carboxylic acids is 1. The Bertz CT molecular complexity index is 183. The molecule has 1 aliphatic rings. The van der Waals surface area contributed by atoms with Crippen LogP contribution in [-0.2, 0) is 4.79 Å². The molecular weight excluding hydrogens is 168 g/mol. The topological polar surface area (TPSA) is 57.5 Å². The van der Waals surface area contributed by atoms with Gasteiger partial charge in [-0.1, -0.05) is 26.2 Å². The lowest BCUT2D eigenvalue weighted by molar-refractivity contribution is -0.141. The molecule has 13 heavy (non-hydrogen) atoms. The van der Waals surface area contributed by atoms with Gasteiger partial charge in [0.1, 0.15) is 0 Å². The Morgan fingerprint density at radius 1 is 1.38 bits per heavy atom. The van der Waals surface area contributed by atoms with E-state index in [1.807, 2.05) is 6.92 Å². The molecule has 3 nitrogen and oxygen atoms in total. The number of hydrogen-bond acceptors (Lipinski definition) is 2. The fourth-order valence-corrected chi connectivity index (χ4v) is 2.10. The molecule has 76 valence electrons. The van der Waals surface area contributed by atoms with Crippen molar-refractivity contribution in [3.8, 4) is 0 Å². The first-order valence-corrected chi connectivity index (χ1v) is 4.94. The second-order valence-corrected chi connectivity index (χ2v) is 4.33. The number of aliphatic hydroxyl groups is 1. The Kier molecular flexibility index (Phi) is 3.31. The van der Waals surface area contributed by atoms with Crippen molar-refractivity contribution in [2.24, 2.45) is 5.41 Å². The first-order valence-electron chi connectivity index (χ1n) is 4.94. The highest BCUT2D eigenvalue weighted by molar-refractivity contribution is 5.67. The number of carbonyl (C=O) groups is 1. The number of carboxylic acid groups (broad SMARTS) is 1. The summed E-state index contributed by atoms with van der Waals surface area (Å²) in [4.78, 5) is 10.4. The molecule has 0 radical (unpaired) electrons. The zero-order valence-electron chi connectivity index (χ0n) is 8.12. The summed E-state index contributed by atoms with van der Waals surface area (Å²) in [5, 5.41) is 18.3. The van der Waals surface area contributed by atoms with Crippen LogP contribution in [0.15, 0.2) is 0 Å². The van der Waals surface area contributed by atoms with Crippen LogP contribution in [0.1, 0.15) is 45.4 Å². The average molecular weight is 186 g/mol. The largest absolute Gasteiger partial charge is 0.481 e. The Hall–Kier alpha value is -0.570. The minimum Gasteiger partial charge on any atom is -0.481 e. The van der Waals surface area contributed by atoms with E-state index >= 15 is 0 Å². The predicted molar refractivity (Wildman–Crippen MR) is 49.5 cm³/mol. The van der Waals surface area contributed by atoms with E-state index in [-0.39, 0.29) is 11.8 Å². The molecule has 0 aliphatic heterocycles. The van der Waals surface area contributed by atoms with Gasteiger partial charge in [0.2, 0.25) is 0 Å². The predicted octanol–water partition coefficient (Wildman–Crippen LogP) is 1.79. The van der Waals surface area contributed by atoms with Crippen LogP contribution in [0.3, 0.4) is 0 Å². The van der Waals surface area contributed by atoms with Crippen LogP contribution >= 0.6 is 0 Å². The zero-order valence-corrected chi connectivity index (χ0v) is 8.12. The third kappa shape index (κ3) is 2.69. The van der Waals surface area contributed by atoms with Crippen molar-refractivity contribution < 1.29 is 15.0 Å². The van der Waals surface area contributed by atoms with Gasteiger partial charge in [-0.15, -0.1) is 0 Å². The van der Waals surface area contributed by atoms with Crippen LogP contribution in [0.2, 0.25) is 0 Å². The maximum absolute atomic E-state index is 10.4. The van der Waals surface area contributed by atoms with Gasteiger partial charge in [0, 0.05) is 0 Å². The molecule has 1 atom stereocenters. The van der Waals surface area contributed by atoms with Crippen molar-refractivity contribution in [2.75, 3.05) is 0 Å². The molecule has 0 aromatic rings. The molecule has 0 aromatic carbocycles. The number of hydrogen-bond donors (Lipinski definition) is 2. The third-order valence-electron chi connectivity index (χ3n) is 3.17. The van der Waals surface area contributed by atoms with Crippen LogP contribution in [0.25, 0.3) is 0 Å². The molecule has 1 fully saturated rings. The minimum atomic E-state index is -0.903. The van der Waals surface area contributed by atoms with Gasteiger partial charge in [0.05, 0.1) is 12.5 Å². The van der Waals surface area contributed by atoms with E-state index in [0.717, 1.165) is 25.7 Å². The zero-order chi connectivity index (χ0) is 9.90. The smallest absolute Gasteiger partial charge is 0.305 e. The molecular formula is C10H18O3. The quantitative estimate of drug-likeness (QED) is 0.706. The van der Waals surface area contributed by atoms with E-state index in [1.165, 1.54) is 6.42 Å². The number of rotatable bonds is 3. The molecule has 0 heterocycles. The molecule has 1 rings (SSSR count). The van der Waals surface area contributed by atoms with Gasteiger partial charge in [-0.3, -0.25) is 4.79 Å². The van der Waals surface area contributed by atoms with E-state index in [0.29, 0.717) is 0 Å². The molecule has 1 saturated carbocycles. The molecule has 0 bridgehead atoms. The van der Waals surface area contributed by atoms with Gasteiger partial charge in [-0.05, 0) is 18.3 Å². The van der Waals surface area contributed by atoms with E-state index in [1.54, 1.807) is 0 Å². The minimum absolute atomic E-state index is 0.115. The molecule has 0 saturated heterocycles. The van der Waals surface area contributed by atoms with Crippen LogP contribution in [0.5, 0.6) is 0 Å². The van der Waals surface area contributed by atoms with Crippen molar-refractivity contribution in [2.45, 2.75) is 51.6 Å². The lowest BCUT2D eigenvalue weighted by Gasteiger charge is -2.37. The van der Waals surface area contributed by atoms with Crippen LogP contribution in [-0.4, -0.2) is 22.3 Å². The van der Waals surface area contributed by atoms with Gasteiger partial charge in [-0.25, -0.2) is 0 Å². The summed E-state index contributed by atoms with van der Waals surface area (Å²) in [6.45, 7) is 2.00. The highest BCUT2D eigenvalue weighted by Gasteiger charge is 2.35. The lowest BCUT2D eigenvalue weighted by atomic mass is 9.71. The molecule has 3 heteroatoms. The fraction of sp³-hybridized carbons (Fsp3) is 0.900. The van der Waals surface area contributed by atoms with Gasteiger partial charge in [-0.2, -0.15) is 0 Å². The first-order chi connectivity index (χ1) is 6.04. The Morgan fingerprint density at radius 2 is 1.92 bits per heavy atom. The van der Waals surface area contributed by atoms with Gasteiger partial charge in [0.15, 0.2) is 0 Å². The monoisotopic (exact) mass is 186 g/mol. The summed E-state index contributed by atoms with van der Waals surface area (Å²) < 4.78 is 0. The normalized spacial score (nSPS) is 23.8. The van der Waals surface area contributed by atoms with Gasteiger partial charge in [0.25, 0.3) is 0 Å². The van der Waals surface area contributed by atoms with Crippen LogP contribution in [0, 0.1) is 5.41 Å². The molecule has 0 aromatic heterocycles. The highest BCUT2D eigenvalue weighted by Crippen LogP contribution is 2.39. The van der Waals surface area contributed by atoms with Crippen LogP contribution in [0.4, 0.5) is 0 Å². The molecule has 1 unspecified atom stereocenters. The van der Waals surface area contributed by atoms with E-state index in [2.05, 4.69) is 0 Å². The van der Waals surface area contributed by atoms with Crippen LogP contribution < -0.4 is 0 Å². The third-order valence-corrected chi connectivity index (χ3v) is 3.17. The van der Waals surface area contributed by atoms with Crippen molar-refractivity contribution >= 4 is 5.97 Å². The molecule has 1 aliphatic carbocycles. The van der Waals surface area contributed by atoms with Crippen molar-refractivity contribution in [1.82, 2.24) is 0 Å². The second kappa shape index (κ2) is 4.09.